The Morgan fingerprint density at radius 3 is 2.83 bits per heavy atom. The molecular formula is C15H9ClFO. The summed E-state index contributed by atoms with van der Waals surface area (Å²) in [6.45, 7) is 0.107. The van der Waals surface area contributed by atoms with Gasteiger partial charge < -0.3 is 4.74 Å². The van der Waals surface area contributed by atoms with Gasteiger partial charge >= 0.3 is 0 Å². The summed E-state index contributed by atoms with van der Waals surface area (Å²) in [5.41, 5.74) is 0.944. The monoisotopic (exact) mass is 259 g/mol. The first-order valence-corrected chi connectivity index (χ1v) is 5.63. The highest BCUT2D eigenvalue weighted by atomic mass is 35.5. The molecule has 0 atom stereocenters. The summed E-state index contributed by atoms with van der Waals surface area (Å²) in [5.74, 6) is 2.29. The highest BCUT2D eigenvalue weighted by Gasteiger charge is 2.12. The number of ether oxygens (including phenoxy) is 1. The Morgan fingerprint density at radius 1 is 1.28 bits per heavy atom. The molecule has 0 heterocycles. The number of para-hydroxylation sites is 1. The van der Waals surface area contributed by atoms with Crippen LogP contribution in [0.1, 0.15) is 0 Å². The highest BCUT2D eigenvalue weighted by Crippen LogP contribution is 2.33. The van der Waals surface area contributed by atoms with Gasteiger partial charge in [0.1, 0.15) is 18.2 Å². The zero-order valence-electron chi connectivity index (χ0n) is 9.41. The first kappa shape index (κ1) is 12.5. The second-order valence-corrected chi connectivity index (χ2v) is 3.91. The predicted octanol–water partition coefficient (Wildman–Crippen LogP) is 3.96. The third-order valence-corrected chi connectivity index (χ3v) is 2.65. The molecule has 0 amide bonds. The number of rotatable bonds is 3. The van der Waals surface area contributed by atoms with Gasteiger partial charge in [0.15, 0.2) is 0 Å². The van der Waals surface area contributed by atoms with Crippen LogP contribution in [0.5, 0.6) is 5.75 Å². The Labute approximate surface area is 110 Å². The fourth-order valence-electron chi connectivity index (χ4n) is 1.58. The van der Waals surface area contributed by atoms with E-state index >= 15 is 0 Å². The summed E-state index contributed by atoms with van der Waals surface area (Å²) in [5, 5.41) is 0.0688. The van der Waals surface area contributed by atoms with Crippen molar-refractivity contribution >= 4 is 11.6 Å². The van der Waals surface area contributed by atoms with E-state index in [2.05, 4.69) is 12.0 Å². The molecule has 0 unspecified atom stereocenters. The van der Waals surface area contributed by atoms with E-state index in [4.69, 9.17) is 22.8 Å². The number of hydrogen-bond acceptors (Lipinski definition) is 1. The third-order valence-electron chi connectivity index (χ3n) is 2.36. The van der Waals surface area contributed by atoms with Gasteiger partial charge in [-0.2, -0.15) is 0 Å². The van der Waals surface area contributed by atoms with Gasteiger partial charge in [-0.25, -0.2) is 4.39 Å². The minimum absolute atomic E-state index is 0.0688. The number of terminal acetylenes is 1. The van der Waals surface area contributed by atoms with E-state index < -0.39 is 5.82 Å². The third kappa shape index (κ3) is 2.47. The second-order valence-electron chi connectivity index (χ2n) is 3.51. The van der Waals surface area contributed by atoms with Crippen LogP contribution in [0.15, 0.2) is 36.4 Å². The molecule has 0 saturated carbocycles. The van der Waals surface area contributed by atoms with Gasteiger partial charge in [-0.05, 0) is 6.07 Å². The summed E-state index contributed by atoms with van der Waals surface area (Å²) in [6.07, 6.45) is 5.14. The van der Waals surface area contributed by atoms with Crippen molar-refractivity contribution in [1.29, 1.82) is 0 Å². The van der Waals surface area contributed by atoms with Crippen molar-refractivity contribution in [2.24, 2.45) is 0 Å². The van der Waals surface area contributed by atoms with E-state index in [1.165, 1.54) is 6.07 Å². The Balaban J connectivity index is 2.50. The molecule has 0 N–H and O–H groups in total. The van der Waals surface area contributed by atoms with E-state index in [9.17, 15) is 4.39 Å². The molecule has 18 heavy (non-hydrogen) atoms. The van der Waals surface area contributed by atoms with Gasteiger partial charge in [0.2, 0.25) is 0 Å². The van der Waals surface area contributed by atoms with Crippen LogP contribution < -0.4 is 4.74 Å². The molecule has 3 heteroatoms. The first-order valence-electron chi connectivity index (χ1n) is 5.25. The van der Waals surface area contributed by atoms with Gasteiger partial charge in [0.05, 0.1) is 5.02 Å². The quantitative estimate of drug-likeness (QED) is 0.758. The fraction of sp³-hybridized carbons (Fsp3) is 0.0667. The van der Waals surface area contributed by atoms with Crippen molar-refractivity contribution in [2.75, 3.05) is 6.61 Å². The molecule has 0 fully saturated rings. The lowest BCUT2D eigenvalue weighted by Crippen LogP contribution is -1.96. The Kier molecular flexibility index (Phi) is 3.86. The summed E-state index contributed by atoms with van der Waals surface area (Å²) in [4.78, 5) is 0. The second kappa shape index (κ2) is 5.57. The van der Waals surface area contributed by atoms with E-state index in [1.807, 2.05) is 0 Å². The summed E-state index contributed by atoms with van der Waals surface area (Å²) in [6, 6.07) is 12.9. The highest BCUT2D eigenvalue weighted by molar-refractivity contribution is 6.31. The van der Waals surface area contributed by atoms with Gasteiger partial charge in [-0.3, -0.25) is 0 Å². The molecule has 0 aliphatic rings. The average Bonchev–Trinajstić information content (AvgIpc) is 2.40. The van der Waals surface area contributed by atoms with Crippen LogP contribution in [0, 0.1) is 24.2 Å². The SMILES string of the molecule is C#CCOc1[c]cccc1-c1cccc(Cl)c1F. The van der Waals surface area contributed by atoms with Gasteiger partial charge in [-0.1, -0.05) is 47.9 Å². The zero-order chi connectivity index (χ0) is 13.0. The molecule has 2 aromatic carbocycles. The largest absolute Gasteiger partial charge is 0.480 e. The molecule has 1 nitrogen and oxygen atoms in total. The molecule has 2 rings (SSSR count). The molecule has 0 aliphatic heterocycles. The van der Waals surface area contributed by atoms with Crippen LogP contribution in [-0.4, -0.2) is 6.61 Å². The van der Waals surface area contributed by atoms with Gasteiger partial charge in [0, 0.05) is 17.2 Å². The maximum absolute atomic E-state index is 13.9. The standard InChI is InChI=1S/C15H9ClFO/c1-2-10-18-14-9-4-3-6-11(14)12-7-5-8-13(16)15(12)17/h1,3-8H,10H2. The van der Waals surface area contributed by atoms with Crippen LogP contribution in [0.25, 0.3) is 11.1 Å². The number of hydrogen-bond donors (Lipinski definition) is 0. The predicted molar refractivity (Wildman–Crippen MR) is 70.0 cm³/mol. The number of benzene rings is 2. The van der Waals surface area contributed by atoms with Crippen LogP contribution in [0.4, 0.5) is 4.39 Å². The Hall–Kier alpha value is -1.98. The van der Waals surface area contributed by atoms with Crippen molar-refractivity contribution in [3.8, 4) is 29.2 Å². The molecule has 0 spiro atoms. The molecule has 0 bridgehead atoms. The van der Waals surface area contributed by atoms with Crippen molar-refractivity contribution < 1.29 is 9.13 Å². The van der Waals surface area contributed by atoms with Crippen molar-refractivity contribution in [3.63, 3.8) is 0 Å². The minimum Gasteiger partial charge on any atom is -0.480 e. The first-order chi connectivity index (χ1) is 8.74. The Bertz CT molecular complexity index is 602. The maximum atomic E-state index is 13.9. The molecular weight excluding hydrogens is 251 g/mol. The van der Waals surface area contributed by atoms with Crippen LogP contribution in [0.2, 0.25) is 5.02 Å². The van der Waals surface area contributed by atoms with Crippen LogP contribution >= 0.6 is 11.6 Å². The van der Waals surface area contributed by atoms with E-state index in [0.29, 0.717) is 16.9 Å². The average molecular weight is 260 g/mol. The van der Waals surface area contributed by atoms with E-state index in [-0.39, 0.29) is 11.6 Å². The lowest BCUT2D eigenvalue weighted by Gasteiger charge is -2.10. The van der Waals surface area contributed by atoms with Gasteiger partial charge in [-0.15, -0.1) is 6.42 Å². The molecule has 0 aliphatic carbocycles. The molecule has 0 aromatic heterocycles. The Morgan fingerprint density at radius 2 is 2.06 bits per heavy atom. The lowest BCUT2D eigenvalue weighted by atomic mass is 10.0. The topological polar surface area (TPSA) is 9.23 Å². The normalized spacial score (nSPS) is 9.83. The molecule has 1 radical (unpaired) electrons. The van der Waals surface area contributed by atoms with Crippen molar-refractivity contribution in [2.45, 2.75) is 0 Å². The molecule has 2 aromatic rings. The van der Waals surface area contributed by atoms with E-state index in [1.54, 1.807) is 30.3 Å². The number of halogens is 2. The summed E-state index contributed by atoms with van der Waals surface area (Å²) >= 11 is 5.76. The molecule has 89 valence electrons. The zero-order valence-corrected chi connectivity index (χ0v) is 10.2. The summed E-state index contributed by atoms with van der Waals surface area (Å²) in [7, 11) is 0. The maximum Gasteiger partial charge on any atom is 0.149 e. The van der Waals surface area contributed by atoms with Crippen molar-refractivity contribution in [1.82, 2.24) is 0 Å². The molecule has 0 saturated heterocycles. The van der Waals surface area contributed by atoms with Crippen LogP contribution in [0.3, 0.4) is 0 Å². The fourth-order valence-corrected chi connectivity index (χ4v) is 1.75. The van der Waals surface area contributed by atoms with Gasteiger partial charge in [0.25, 0.3) is 0 Å². The summed E-state index contributed by atoms with van der Waals surface area (Å²) < 4.78 is 19.3. The lowest BCUT2D eigenvalue weighted by molar-refractivity contribution is 0.371. The van der Waals surface area contributed by atoms with Crippen LogP contribution in [-0.2, 0) is 0 Å². The van der Waals surface area contributed by atoms with Crippen molar-refractivity contribution in [3.05, 3.63) is 53.3 Å². The smallest absolute Gasteiger partial charge is 0.149 e. The minimum atomic E-state index is -0.482. The van der Waals surface area contributed by atoms with E-state index in [0.717, 1.165) is 0 Å².